The van der Waals surface area contributed by atoms with E-state index in [2.05, 4.69) is 70.3 Å². The van der Waals surface area contributed by atoms with Crippen molar-refractivity contribution in [1.82, 2.24) is 5.32 Å². The van der Waals surface area contributed by atoms with Crippen molar-refractivity contribution in [3.05, 3.63) is 35.9 Å². The molecule has 0 saturated heterocycles. The van der Waals surface area contributed by atoms with Crippen molar-refractivity contribution < 1.29 is 0 Å². The molecule has 21 heavy (non-hydrogen) atoms. The fraction of sp³-hybridized carbons (Fsp3) is 0.700. The highest BCUT2D eigenvalue weighted by molar-refractivity contribution is 5.20. The Morgan fingerprint density at radius 3 is 2.14 bits per heavy atom. The summed E-state index contributed by atoms with van der Waals surface area (Å²) in [5, 5.41) is 3.86. The third kappa shape index (κ3) is 7.13. The first-order chi connectivity index (χ1) is 9.95. The van der Waals surface area contributed by atoms with Crippen molar-refractivity contribution in [2.24, 2.45) is 5.41 Å². The van der Waals surface area contributed by atoms with Crippen LogP contribution in [0.2, 0.25) is 0 Å². The number of rotatable bonds is 9. The van der Waals surface area contributed by atoms with E-state index in [0.29, 0.717) is 12.1 Å². The highest BCUT2D eigenvalue weighted by Crippen LogP contribution is 2.33. The van der Waals surface area contributed by atoms with Gasteiger partial charge < -0.3 is 5.32 Å². The van der Waals surface area contributed by atoms with Crippen LogP contribution in [0.3, 0.4) is 0 Å². The SMILES string of the molecule is CCCCCCCC(C)NC(c1ccccc1)C(C)(C)C. The molecule has 1 rings (SSSR count). The molecular weight excluding hydrogens is 254 g/mol. The molecule has 0 bridgehead atoms. The Labute approximate surface area is 132 Å². The van der Waals surface area contributed by atoms with Gasteiger partial charge in [-0.2, -0.15) is 0 Å². The third-order valence-corrected chi connectivity index (χ3v) is 4.19. The lowest BCUT2D eigenvalue weighted by Crippen LogP contribution is -2.38. The van der Waals surface area contributed by atoms with E-state index < -0.39 is 0 Å². The maximum absolute atomic E-state index is 3.86. The molecule has 0 radical (unpaired) electrons. The van der Waals surface area contributed by atoms with Gasteiger partial charge in [-0.15, -0.1) is 0 Å². The van der Waals surface area contributed by atoms with E-state index in [-0.39, 0.29) is 5.41 Å². The van der Waals surface area contributed by atoms with Crippen molar-refractivity contribution in [3.8, 4) is 0 Å². The minimum atomic E-state index is 0.234. The number of hydrogen-bond acceptors (Lipinski definition) is 1. The summed E-state index contributed by atoms with van der Waals surface area (Å²) >= 11 is 0. The van der Waals surface area contributed by atoms with E-state index >= 15 is 0 Å². The van der Waals surface area contributed by atoms with E-state index in [1.54, 1.807) is 0 Å². The van der Waals surface area contributed by atoms with E-state index in [4.69, 9.17) is 0 Å². The summed E-state index contributed by atoms with van der Waals surface area (Å²) in [5.41, 5.74) is 1.64. The van der Waals surface area contributed by atoms with Gasteiger partial charge in [0.1, 0.15) is 0 Å². The number of benzene rings is 1. The van der Waals surface area contributed by atoms with Crippen LogP contribution in [0, 0.1) is 5.41 Å². The average molecular weight is 290 g/mol. The lowest BCUT2D eigenvalue weighted by molar-refractivity contribution is 0.247. The smallest absolute Gasteiger partial charge is 0.0371 e. The summed E-state index contributed by atoms with van der Waals surface area (Å²) < 4.78 is 0. The lowest BCUT2D eigenvalue weighted by Gasteiger charge is -2.34. The van der Waals surface area contributed by atoms with E-state index in [1.807, 2.05) is 0 Å². The molecule has 0 saturated carbocycles. The zero-order valence-electron chi connectivity index (χ0n) is 14.8. The van der Waals surface area contributed by atoms with Crippen LogP contribution < -0.4 is 5.32 Å². The van der Waals surface area contributed by atoms with Gasteiger partial charge in [-0.05, 0) is 24.3 Å². The minimum Gasteiger partial charge on any atom is -0.307 e. The van der Waals surface area contributed by atoms with Crippen molar-refractivity contribution >= 4 is 0 Å². The Morgan fingerprint density at radius 2 is 1.57 bits per heavy atom. The van der Waals surface area contributed by atoms with Crippen molar-refractivity contribution in [2.75, 3.05) is 0 Å². The first kappa shape index (κ1) is 18.2. The summed E-state index contributed by atoms with van der Waals surface area (Å²) in [7, 11) is 0. The molecule has 1 N–H and O–H groups in total. The average Bonchev–Trinajstić information content (AvgIpc) is 2.44. The molecule has 1 heteroatoms. The van der Waals surface area contributed by atoms with Crippen molar-refractivity contribution in [1.29, 1.82) is 0 Å². The van der Waals surface area contributed by atoms with Gasteiger partial charge in [0.25, 0.3) is 0 Å². The molecule has 0 heterocycles. The van der Waals surface area contributed by atoms with Gasteiger partial charge in [0.2, 0.25) is 0 Å². The predicted molar refractivity (Wildman–Crippen MR) is 94.6 cm³/mol. The maximum Gasteiger partial charge on any atom is 0.0371 e. The largest absolute Gasteiger partial charge is 0.307 e. The minimum absolute atomic E-state index is 0.234. The quantitative estimate of drug-likeness (QED) is 0.541. The zero-order chi connectivity index (χ0) is 15.7. The standard InChI is InChI=1S/C20H35N/c1-6-7-8-9-11-14-17(2)21-19(20(3,4)5)18-15-12-10-13-16-18/h10,12-13,15-17,19,21H,6-9,11,14H2,1-5H3. The molecule has 0 fully saturated rings. The molecule has 1 aromatic carbocycles. The topological polar surface area (TPSA) is 12.0 Å². The van der Waals surface area contributed by atoms with Crippen LogP contribution in [0.5, 0.6) is 0 Å². The number of hydrogen-bond donors (Lipinski definition) is 1. The second kappa shape index (κ2) is 9.25. The zero-order valence-corrected chi connectivity index (χ0v) is 14.8. The Hall–Kier alpha value is -0.820. The summed E-state index contributed by atoms with van der Waals surface area (Å²) in [5.74, 6) is 0. The summed E-state index contributed by atoms with van der Waals surface area (Å²) in [6.45, 7) is 11.6. The van der Waals surface area contributed by atoms with Crippen molar-refractivity contribution in [3.63, 3.8) is 0 Å². The Balaban J connectivity index is 2.50. The Kier molecular flexibility index (Phi) is 8.03. The van der Waals surface area contributed by atoms with Crippen LogP contribution in [-0.4, -0.2) is 6.04 Å². The molecule has 0 aliphatic heterocycles. The summed E-state index contributed by atoms with van der Waals surface area (Å²) in [4.78, 5) is 0. The molecular formula is C20H35N. The van der Waals surface area contributed by atoms with Crippen LogP contribution in [0.25, 0.3) is 0 Å². The van der Waals surface area contributed by atoms with Gasteiger partial charge in [0, 0.05) is 12.1 Å². The Morgan fingerprint density at radius 1 is 0.952 bits per heavy atom. The maximum atomic E-state index is 3.86. The number of nitrogens with one attached hydrogen (secondary N) is 1. The highest BCUT2D eigenvalue weighted by atomic mass is 15.0. The van der Waals surface area contributed by atoms with Gasteiger partial charge >= 0.3 is 0 Å². The van der Waals surface area contributed by atoms with Gasteiger partial charge in [-0.3, -0.25) is 0 Å². The molecule has 0 aliphatic carbocycles. The summed E-state index contributed by atoms with van der Waals surface area (Å²) in [6, 6.07) is 11.9. The van der Waals surface area contributed by atoms with Gasteiger partial charge in [-0.1, -0.05) is 90.1 Å². The monoisotopic (exact) mass is 289 g/mol. The van der Waals surface area contributed by atoms with E-state index in [9.17, 15) is 0 Å². The van der Waals surface area contributed by atoms with Crippen LogP contribution in [-0.2, 0) is 0 Å². The second-order valence-corrected chi connectivity index (χ2v) is 7.48. The first-order valence-electron chi connectivity index (χ1n) is 8.76. The second-order valence-electron chi connectivity index (χ2n) is 7.48. The molecule has 1 aromatic rings. The van der Waals surface area contributed by atoms with Gasteiger partial charge in [0.15, 0.2) is 0 Å². The Bertz CT molecular complexity index is 363. The van der Waals surface area contributed by atoms with Gasteiger partial charge in [0.05, 0.1) is 0 Å². The molecule has 0 spiro atoms. The first-order valence-corrected chi connectivity index (χ1v) is 8.76. The fourth-order valence-corrected chi connectivity index (χ4v) is 2.91. The van der Waals surface area contributed by atoms with E-state index in [1.165, 1.54) is 44.1 Å². The molecule has 0 aromatic heterocycles. The normalized spacial score (nSPS) is 14.9. The molecule has 0 amide bonds. The van der Waals surface area contributed by atoms with Crippen LogP contribution in [0.15, 0.2) is 30.3 Å². The van der Waals surface area contributed by atoms with Crippen LogP contribution in [0.4, 0.5) is 0 Å². The molecule has 1 nitrogen and oxygen atoms in total. The molecule has 2 unspecified atom stereocenters. The molecule has 0 aliphatic rings. The van der Waals surface area contributed by atoms with Crippen LogP contribution >= 0.6 is 0 Å². The van der Waals surface area contributed by atoms with Crippen LogP contribution in [0.1, 0.15) is 84.7 Å². The van der Waals surface area contributed by atoms with Gasteiger partial charge in [-0.25, -0.2) is 0 Å². The highest BCUT2D eigenvalue weighted by Gasteiger charge is 2.26. The molecule has 2 atom stereocenters. The predicted octanol–water partition coefficient (Wildman–Crippen LogP) is 6.11. The third-order valence-electron chi connectivity index (χ3n) is 4.19. The summed E-state index contributed by atoms with van der Waals surface area (Å²) in [6.07, 6.45) is 8.11. The molecule has 120 valence electrons. The number of unbranched alkanes of at least 4 members (excludes halogenated alkanes) is 4. The van der Waals surface area contributed by atoms with Crippen molar-refractivity contribution in [2.45, 2.75) is 85.2 Å². The lowest BCUT2D eigenvalue weighted by atomic mass is 9.82. The van der Waals surface area contributed by atoms with E-state index in [0.717, 1.165) is 0 Å². The fourth-order valence-electron chi connectivity index (χ4n) is 2.91.